The number of hydrogen-bond donors (Lipinski definition) is 4. The fourth-order valence-electron chi connectivity index (χ4n) is 1.37. The monoisotopic (exact) mass is 286 g/mol. The molecule has 0 aliphatic heterocycles. The lowest BCUT2D eigenvalue weighted by atomic mass is 10.1. The summed E-state index contributed by atoms with van der Waals surface area (Å²) in [5.41, 5.74) is 0. The van der Waals surface area contributed by atoms with Gasteiger partial charge in [0.05, 0.1) is 5.00 Å². The van der Waals surface area contributed by atoms with Gasteiger partial charge in [-0.05, 0) is 30.4 Å². The molecule has 0 aliphatic rings. The third-order valence-electron chi connectivity index (χ3n) is 2.24. The molecule has 0 radical (unpaired) electrons. The van der Waals surface area contributed by atoms with E-state index < -0.39 is 24.0 Å². The number of anilines is 1. The van der Waals surface area contributed by atoms with E-state index in [1.807, 2.05) is 0 Å². The number of hydrogen-bond acceptors (Lipinski definition) is 4. The van der Waals surface area contributed by atoms with Gasteiger partial charge in [-0.2, -0.15) is 0 Å². The van der Waals surface area contributed by atoms with Crippen molar-refractivity contribution in [2.45, 2.75) is 25.3 Å². The molecule has 104 valence electrons. The first-order valence-electron chi connectivity index (χ1n) is 5.54. The molecule has 0 saturated carbocycles. The summed E-state index contributed by atoms with van der Waals surface area (Å²) in [6.45, 7) is 0. The SMILES string of the molecule is O=C(O)CCCC(NC(=O)Nc1cccs1)C(=O)O. The fourth-order valence-corrected chi connectivity index (χ4v) is 1.98. The van der Waals surface area contributed by atoms with Crippen molar-refractivity contribution in [1.29, 1.82) is 0 Å². The van der Waals surface area contributed by atoms with Crippen molar-refractivity contribution in [3.63, 3.8) is 0 Å². The molecule has 4 N–H and O–H groups in total. The first kappa shape index (κ1) is 15.0. The van der Waals surface area contributed by atoms with Crippen molar-refractivity contribution < 1.29 is 24.6 Å². The maximum atomic E-state index is 11.5. The van der Waals surface area contributed by atoms with E-state index in [1.54, 1.807) is 17.5 Å². The molecule has 0 aromatic carbocycles. The minimum Gasteiger partial charge on any atom is -0.481 e. The molecule has 8 heteroatoms. The molecule has 0 aliphatic carbocycles. The van der Waals surface area contributed by atoms with Crippen molar-refractivity contribution in [3.8, 4) is 0 Å². The summed E-state index contributed by atoms with van der Waals surface area (Å²) < 4.78 is 0. The van der Waals surface area contributed by atoms with E-state index in [1.165, 1.54) is 11.3 Å². The van der Waals surface area contributed by atoms with Gasteiger partial charge in [-0.1, -0.05) is 0 Å². The predicted molar refractivity (Wildman–Crippen MR) is 69.4 cm³/mol. The Bertz CT molecular complexity index is 446. The fraction of sp³-hybridized carbons (Fsp3) is 0.364. The first-order chi connectivity index (χ1) is 8.99. The molecule has 19 heavy (non-hydrogen) atoms. The van der Waals surface area contributed by atoms with E-state index in [0.29, 0.717) is 5.00 Å². The number of rotatable bonds is 7. The van der Waals surface area contributed by atoms with Crippen LogP contribution in [0.4, 0.5) is 9.80 Å². The molecule has 0 spiro atoms. The number of carbonyl (C=O) groups is 3. The Labute approximate surface area is 113 Å². The number of nitrogens with one attached hydrogen (secondary N) is 2. The molecule has 1 heterocycles. The Morgan fingerprint density at radius 1 is 1.32 bits per heavy atom. The molecular weight excluding hydrogens is 272 g/mol. The van der Waals surface area contributed by atoms with Crippen molar-refractivity contribution in [1.82, 2.24) is 5.32 Å². The minimum absolute atomic E-state index is 0.0689. The highest BCUT2D eigenvalue weighted by molar-refractivity contribution is 7.14. The number of thiophene rings is 1. The summed E-state index contributed by atoms with van der Waals surface area (Å²) in [7, 11) is 0. The van der Waals surface area contributed by atoms with Crippen LogP contribution in [0, 0.1) is 0 Å². The van der Waals surface area contributed by atoms with Gasteiger partial charge >= 0.3 is 18.0 Å². The molecule has 7 nitrogen and oxygen atoms in total. The zero-order valence-electron chi connectivity index (χ0n) is 9.96. The zero-order valence-corrected chi connectivity index (χ0v) is 10.8. The summed E-state index contributed by atoms with van der Waals surface area (Å²) in [6.07, 6.45) is 0.128. The molecule has 0 fully saturated rings. The van der Waals surface area contributed by atoms with E-state index >= 15 is 0 Å². The van der Waals surface area contributed by atoms with E-state index in [4.69, 9.17) is 10.2 Å². The van der Waals surface area contributed by atoms with Crippen molar-refractivity contribution in [2.75, 3.05) is 5.32 Å². The van der Waals surface area contributed by atoms with Gasteiger partial charge in [0.25, 0.3) is 0 Å². The Morgan fingerprint density at radius 2 is 2.05 bits per heavy atom. The molecule has 0 bridgehead atoms. The first-order valence-corrected chi connectivity index (χ1v) is 6.42. The van der Waals surface area contributed by atoms with Gasteiger partial charge < -0.3 is 15.5 Å². The van der Waals surface area contributed by atoms with E-state index in [0.717, 1.165) is 0 Å². The van der Waals surface area contributed by atoms with Gasteiger partial charge in [0, 0.05) is 6.42 Å². The van der Waals surface area contributed by atoms with Gasteiger partial charge in [-0.15, -0.1) is 11.3 Å². The smallest absolute Gasteiger partial charge is 0.326 e. The normalized spacial score (nSPS) is 11.6. The quantitative estimate of drug-likeness (QED) is 0.607. The van der Waals surface area contributed by atoms with Crippen LogP contribution >= 0.6 is 11.3 Å². The average molecular weight is 286 g/mol. The Morgan fingerprint density at radius 3 is 2.58 bits per heavy atom. The topological polar surface area (TPSA) is 116 Å². The maximum absolute atomic E-state index is 11.5. The molecule has 2 amide bonds. The largest absolute Gasteiger partial charge is 0.481 e. The molecule has 1 aromatic heterocycles. The van der Waals surface area contributed by atoms with Crippen LogP contribution in [0.5, 0.6) is 0 Å². The van der Waals surface area contributed by atoms with E-state index in [2.05, 4.69) is 10.6 Å². The van der Waals surface area contributed by atoms with Gasteiger partial charge in [0.1, 0.15) is 6.04 Å². The van der Waals surface area contributed by atoms with Crippen LogP contribution < -0.4 is 10.6 Å². The zero-order chi connectivity index (χ0) is 14.3. The van der Waals surface area contributed by atoms with E-state index in [-0.39, 0.29) is 19.3 Å². The highest BCUT2D eigenvalue weighted by atomic mass is 32.1. The van der Waals surface area contributed by atoms with Gasteiger partial charge in [0.2, 0.25) is 0 Å². The molecule has 1 aromatic rings. The molecular formula is C11H14N2O5S. The number of aliphatic carboxylic acids is 2. The lowest BCUT2D eigenvalue weighted by molar-refractivity contribution is -0.140. The molecule has 0 saturated heterocycles. The number of amides is 2. The number of carboxylic acid groups (broad SMARTS) is 2. The summed E-state index contributed by atoms with van der Waals surface area (Å²) in [5, 5.41) is 24.6. The highest BCUT2D eigenvalue weighted by Crippen LogP contribution is 2.14. The number of urea groups is 1. The second-order valence-corrected chi connectivity index (χ2v) is 4.70. The second-order valence-electron chi connectivity index (χ2n) is 3.75. The van der Waals surface area contributed by atoms with Crippen LogP contribution in [0.3, 0.4) is 0 Å². The minimum atomic E-state index is -1.19. The van der Waals surface area contributed by atoms with Crippen LogP contribution in [0.25, 0.3) is 0 Å². The van der Waals surface area contributed by atoms with Crippen LogP contribution in [0.15, 0.2) is 17.5 Å². The number of carbonyl (C=O) groups excluding carboxylic acids is 1. The highest BCUT2D eigenvalue weighted by Gasteiger charge is 2.20. The third-order valence-corrected chi connectivity index (χ3v) is 3.03. The lowest BCUT2D eigenvalue weighted by Gasteiger charge is -2.14. The molecule has 1 atom stereocenters. The van der Waals surface area contributed by atoms with Crippen molar-refractivity contribution >= 4 is 34.3 Å². The Balaban J connectivity index is 2.42. The van der Waals surface area contributed by atoms with Crippen LogP contribution in [-0.4, -0.2) is 34.2 Å². The lowest BCUT2D eigenvalue weighted by Crippen LogP contribution is -2.42. The van der Waals surface area contributed by atoms with Gasteiger partial charge in [-0.3, -0.25) is 10.1 Å². The summed E-state index contributed by atoms with van der Waals surface area (Å²) in [6, 6.07) is 1.72. The maximum Gasteiger partial charge on any atom is 0.326 e. The summed E-state index contributed by atoms with van der Waals surface area (Å²) in [5.74, 6) is -2.18. The van der Waals surface area contributed by atoms with Gasteiger partial charge in [-0.25, -0.2) is 9.59 Å². The Hall–Kier alpha value is -2.09. The van der Waals surface area contributed by atoms with Crippen LogP contribution in [0.1, 0.15) is 19.3 Å². The molecule has 1 rings (SSSR count). The standard InChI is InChI=1S/C11H14N2O5S/c14-9(15)5-1-3-7(10(16)17)12-11(18)13-8-4-2-6-19-8/h2,4,6-7H,1,3,5H2,(H,14,15)(H,16,17)(H2,12,13,18). The van der Waals surface area contributed by atoms with Crippen molar-refractivity contribution in [3.05, 3.63) is 17.5 Å². The number of carboxylic acids is 2. The third kappa shape index (κ3) is 5.87. The van der Waals surface area contributed by atoms with Crippen LogP contribution in [0.2, 0.25) is 0 Å². The van der Waals surface area contributed by atoms with Crippen molar-refractivity contribution in [2.24, 2.45) is 0 Å². The van der Waals surface area contributed by atoms with Gasteiger partial charge in [0.15, 0.2) is 0 Å². The second kappa shape index (κ2) is 7.37. The van der Waals surface area contributed by atoms with E-state index in [9.17, 15) is 14.4 Å². The van der Waals surface area contributed by atoms with Crippen LogP contribution in [-0.2, 0) is 9.59 Å². The average Bonchev–Trinajstić information content (AvgIpc) is 2.79. The molecule has 1 unspecified atom stereocenters. The summed E-state index contributed by atoms with van der Waals surface area (Å²) in [4.78, 5) is 32.8. The summed E-state index contributed by atoms with van der Waals surface area (Å²) >= 11 is 1.31. The predicted octanol–water partition coefficient (Wildman–Crippen LogP) is 1.58. The Kier molecular flexibility index (Phi) is 5.80.